The van der Waals surface area contributed by atoms with Gasteiger partial charge in [0.15, 0.2) is 0 Å². The Morgan fingerprint density at radius 2 is 1.57 bits per heavy atom. The largest absolute Gasteiger partial charge is 0.478 e. The van der Waals surface area contributed by atoms with E-state index in [0.29, 0.717) is 23.1 Å². The van der Waals surface area contributed by atoms with Gasteiger partial charge in [-0.15, -0.1) is 0 Å². The molecule has 0 bridgehead atoms. The Morgan fingerprint density at radius 1 is 0.893 bits per heavy atom. The molecule has 0 aliphatic heterocycles. The lowest BCUT2D eigenvalue weighted by Crippen LogP contribution is -2.06. The first kappa shape index (κ1) is 18.8. The van der Waals surface area contributed by atoms with Crippen molar-refractivity contribution in [3.8, 4) is 0 Å². The third kappa shape index (κ3) is 5.04. The van der Waals surface area contributed by atoms with Gasteiger partial charge in [-0.25, -0.2) is 9.78 Å². The standard InChI is InChI=1S/C20H19N5O3/c1-12-9-18(23-15-6-3-5-14(10-15)19(27)28)25-20(21-12)24-17-8-4-7-16(11-17)22-13(2)26/h3-11H,1-2H3,(H,22,26)(H,27,28)(H2,21,23,24,25). The number of amides is 1. The van der Waals surface area contributed by atoms with Gasteiger partial charge in [-0.1, -0.05) is 12.1 Å². The number of rotatable bonds is 6. The fourth-order valence-corrected chi connectivity index (χ4v) is 2.57. The minimum absolute atomic E-state index is 0.154. The van der Waals surface area contributed by atoms with E-state index in [4.69, 9.17) is 5.11 Å². The maximum absolute atomic E-state index is 11.2. The van der Waals surface area contributed by atoms with Gasteiger partial charge in [0, 0.05) is 35.7 Å². The van der Waals surface area contributed by atoms with E-state index in [2.05, 4.69) is 25.9 Å². The van der Waals surface area contributed by atoms with Crippen molar-refractivity contribution >= 4 is 40.7 Å². The Kier molecular flexibility index (Phi) is 5.50. The quantitative estimate of drug-likeness (QED) is 0.514. The van der Waals surface area contributed by atoms with Gasteiger partial charge in [-0.3, -0.25) is 4.79 Å². The molecule has 1 amide bonds. The van der Waals surface area contributed by atoms with Gasteiger partial charge in [-0.2, -0.15) is 4.98 Å². The van der Waals surface area contributed by atoms with Crippen LogP contribution in [0.4, 0.5) is 28.8 Å². The van der Waals surface area contributed by atoms with Crippen molar-refractivity contribution in [2.45, 2.75) is 13.8 Å². The summed E-state index contributed by atoms with van der Waals surface area (Å²) in [5.74, 6) is -0.254. The van der Waals surface area contributed by atoms with Crippen LogP contribution in [0.15, 0.2) is 54.6 Å². The molecule has 3 rings (SSSR count). The number of carboxylic acids is 1. The normalized spacial score (nSPS) is 10.2. The zero-order valence-electron chi connectivity index (χ0n) is 15.4. The van der Waals surface area contributed by atoms with Crippen molar-refractivity contribution in [1.29, 1.82) is 0 Å². The Labute approximate surface area is 161 Å². The Bertz CT molecular complexity index is 1040. The van der Waals surface area contributed by atoms with Crippen LogP contribution in [-0.4, -0.2) is 27.0 Å². The highest BCUT2D eigenvalue weighted by molar-refractivity contribution is 5.89. The third-order valence-electron chi connectivity index (χ3n) is 3.68. The highest BCUT2D eigenvalue weighted by atomic mass is 16.4. The van der Waals surface area contributed by atoms with Gasteiger partial charge in [0.2, 0.25) is 11.9 Å². The van der Waals surface area contributed by atoms with Gasteiger partial charge < -0.3 is 21.1 Å². The molecule has 0 aliphatic rings. The summed E-state index contributed by atoms with van der Waals surface area (Å²) in [6.07, 6.45) is 0. The van der Waals surface area contributed by atoms with Gasteiger partial charge in [0.25, 0.3) is 0 Å². The maximum atomic E-state index is 11.2. The zero-order valence-corrected chi connectivity index (χ0v) is 15.4. The predicted octanol–water partition coefficient (Wildman–Crippen LogP) is 3.93. The molecule has 0 saturated carbocycles. The van der Waals surface area contributed by atoms with Crippen molar-refractivity contribution in [1.82, 2.24) is 9.97 Å². The van der Waals surface area contributed by atoms with Crippen LogP contribution in [0.3, 0.4) is 0 Å². The van der Waals surface area contributed by atoms with Crippen LogP contribution in [0.1, 0.15) is 23.0 Å². The SMILES string of the molecule is CC(=O)Nc1cccc(Nc2nc(C)cc(Nc3cccc(C(=O)O)c3)n2)c1. The summed E-state index contributed by atoms with van der Waals surface area (Å²) in [6.45, 7) is 3.28. The molecule has 0 unspecified atom stereocenters. The van der Waals surface area contributed by atoms with Crippen LogP contribution in [-0.2, 0) is 4.79 Å². The number of aromatic carboxylic acids is 1. The van der Waals surface area contributed by atoms with Gasteiger partial charge in [-0.05, 0) is 43.3 Å². The number of hydrogen-bond acceptors (Lipinski definition) is 6. The molecule has 0 atom stereocenters. The van der Waals surface area contributed by atoms with Gasteiger partial charge >= 0.3 is 5.97 Å². The fourth-order valence-electron chi connectivity index (χ4n) is 2.57. The highest BCUT2D eigenvalue weighted by Gasteiger charge is 2.07. The number of hydrogen-bond donors (Lipinski definition) is 4. The molecule has 4 N–H and O–H groups in total. The van der Waals surface area contributed by atoms with Crippen molar-refractivity contribution < 1.29 is 14.7 Å². The van der Waals surface area contributed by atoms with E-state index in [1.54, 1.807) is 36.4 Å². The monoisotopic (exact) mass is 377 g/mol. The molecule has 142 valence electrons. The Hall–Kier alpha value is -3.94. The number of nitrogens with one attached hydrogen (secondary N) is 3. The smallest absolute Gasteiger partial charge is 0.335 e. The number of nitrogens with zero attached hydrogens (tertiary/aromatic N) is 2. The molecular formula is C20H19N5O3. The van der Waals surface area contributed by atoms with Crippen LogP contribution >= 0.6 is 0 Å². The second kappa shape index (κ2) is 8.17. The zero-order chi connectivity index (χ0) is 20.1. The molecule has 28 heavy (non-hydrogen) atoms. The fraction of sp³-hybridized carbons (Fsp3) is 0.100. The summed E-state index contributed by atoms with van der Waals surface area (Å²) in [5, 5.41) is 18.0. The molecule has 1 aromatic heterocycles. The lowest BCUT2D eigenvalue weighted by atomic mass is 10.2. The molecule has 1 heterocycles. The van der Waals surface area contributed by atoms with Crippen molar-refractivity contribution in [2.75, 3.05) is 16.0 Å². The summed E-state index contributed by atoms with van der Waals surface area (Å²) in [4.78, 5) is 31.1. The predicted molar refractivity (Wildman–Crippen MR) is 107 cm³/mol. The molecule has 8 heteroatoms. The molecule has 8 nitrogen and oxygen atoms in total. The number of carbonyl (C=O) groups is 2. The number of aryl methyl sites for hydroxylation is 1. The van der Waals surface area contributed by atoms with E-state index in [1.165, 1.54) is 19.1 Å². The van der Waals surface area contributed by atoms with Crippen molar-refractivity contribution in [3.63, 3.8) is 0 Å². The van der Waals surface area contributed by atoms with E-state index in [1.807, 2.05) is 13.0 Å². The number of carboxylic acid groups (broad SMARTS) is 1. The van der Waals surface area contributed by atoms with Crippen LogP contribution in [0.5, 0.6) is 0 Å². The lowest BCUT2D eigenvalue weighted by Gasteiger charge is -2.11. The molecule has 0 saturated heterocycles. The summed E-state index contributed by atoms with van der Waals surface area (Å²) in [5.41, 5.74) is 2.90. The van der Waals surface area contributed by atoms with E-state index in [0.717, 1.165) is 11.4 Å². The lowest BCUT2D eigenvalue weighted by molar-refractivity contribution is -0.114. The van der Waals surface area contributed by atoms with Gasteiger partial charge in [0.1, 0.15) is 5.82 Å². The number of aromatic nitrogens is 2. The average Bonchev–Trinajstić information content (AvgIpc) is 2.61. The third-order valence-corrected chi connectivity index (χ3v) is 3.68. The molecule has 2 aromatic carbocycles. The Morgan fingerprint density at radius 3 is 2.29 bits per heavy atom. The first-order valence-corrected chi connectivity index (χ1v) is 8.50. The molecule has 0 fully saturated rings. The average molecular weight is 377 g/mol. The molecular weight excluding hydrogens is 358 g/mol. The van der Waals surface area contributed by atoms with E-state index in [9.17, 15) is 9.59 Å². The molecule has 3 aromatic rings. The number of carbonyl (C=O) groups excluding carboxylic acids is 1. The maximum Gasteiger partial charge on any atom is 0.335 e. The number of anilines is 5. The van der Waals surface area contributed by atoms with E-state index in [-0.39, 0.29) is 11.5 Å². The first-order chi connectivity index (χ1) is 13.4. The second-order valence-corrected chi connectivity index (χ2v) is 6.12. The Balaban J connectivity index is 1.81. The summed E-state index contributed by atoms with van der Waals surface area (Å²) in [6, 6.07) is 15.4. The van der Waals surface area contributed by atoms with Crippen LogP contribution < -0.4 is 16.0 Å². The van der Waals surface area contributed by atoms with Crippen LogP contribution in [0.2, 0.25) is 0 Å². The molecule has 0 radical (unpaired) electrons. The first-order valence-electron chi connectivity index (χ1n) is 8.50. The summed E-state index contributed by atoms with van der Waals surface area (Å²) < 4.78 is 0. The van der Waals surface area contributed by atoms with Crippen LogP contribution in [0, 0.1) is 6.92 Å². The topological polar surface area (TPSA) is 116 Å². The minimum atomic E-state index is -0.996. The highest BCUT2D eigenvalue weighted by Crippen LogP contribution is 2.21. The number of benzene rings is 2. The van der Waals surface area contributed by atoms with E-state index >= 15 is 0 Å². The minimum Gasteiger partial charge on any atom is -0.478 e. The van der Waals surface area contributed by atoms with E-state index < -0.39 is 5.97 Å². The molecule has 0 aliphatic carbocycles. The molecule has 0 spiro atoms. The van der Waals surface area contributed by atoms with Crippen molar-refractivity contribution in [3.05, 3.63) is 65.9 Å². The summed E-state index contributed by atoms with van der Waals surface area (Å²) in [7, 11) is 0. The summed E-state index contributed by atoms with van der Waals surface area (Å²) >= 11 is 0. The van der Waals surface area contributed by atoms with Gasteiger partial charge in [0.05, 0.1) is 5.56 Å². The van der Waals surface area contributed by atoms with Crippen molar-refractivity contribution in [2.24, 2.45) is 0 Å². The second-order valence-electron chi connectivity index (χ2n) is 6.12. The van der Waals surface area contributed by atoms with Crippen LogP contribution in [0.25, 0.3) is 0 Å².